The van der Waals surface area contributed by atoms with E-state index in [1.165, 1.54) is 41.3 Å². The van der Waals surface area contributed by atoms with Crippen LogP contribution >= 0.6 is 23.1 Å². The number of amides is 1. The Hall–Kier alpha value is -2.85. The Bertz CT molecular complexity index is 1270. The van der Waals surface area contributed by atoms with Crippen molar-refractivity contribution in [3.8, 4) is 5.75 Å². The number of ether oxygens (including phenoxy) is 2. The highest BCUT2D eigenvalue weighted by Gasteiger charge is 2.29. The lowest BCUT2D eigenvalue weighted by atomic mass is 9.88. The van der Waals surface area contributed by atoms with Gasteiger partial charge in [0.1, 0.15) is 17.4 Å². The number of carbonyl (C=O) groups excluding carboxylic acids is 2. The number of nitrogens with one attached hydrogen (secondary N) is 1. The molecule has 1 atom stereocenters. The van der Waals surface area contributed by atoms with Gasteiger partial charge in [-0.1, -0.05) is 24.8 Å². The molecule has 8 nitrogen and oxygen atoms in total. The second-order valence-electron chi connectivity index (χ2n) is 9.06. The number of carbonyl (C=O) groups is 2. The number of esters is 1. The summed E-state index contributed by atoms with van der Waals surface area (Å²) >= 11 is 2.80. The fraction of sp³-hybridized carbons (Fsp3) is 0.462. The number of nitrogens with zero attached hydrogens (tertiary/aromatic N) is 3. The predicted octanol–water partition coefficient (Wildman–Crippen LogP) is 5.20. The van der Waals surface area contributed by atoms with Crippen LogP contribution in [0.5, 0.6) is 5.75 Å². The SMILES string of the molecule is CCn1c(COc2ccc(C)c(C)c2)nnc1SCC(=O)Nc1sc2c(c1C(=O)OC)CCC(C)C2. The molecule has 0 bridgehead atoms. The quantitative estimate of drug-likeness (QED) is 0.301. The Morgan fingerprint density at radius 3 is 2.78 bits per heavy atom. The number of methoxy groups -OCH3 is 1. The van der Waals surface area contributed by atoms with E-state index in [0.717, 1.165) is 35.5 Å². The van der Waals surface area contributed by atoms with E-state index in [9.17, 15) is 9.59 Å². The molecule has 10 heteroatoms. The summed E-state index contributed by atoms with van der Waals surface area (Å²) < 4.78 is 12.9. The van der Waals surface area contributed by atoms with E-state index in [0.29, 0.717) is 34.0 Å². The van der Waals surface area contributed by atoms with E-state index >= 15 is 0 Å². The topological polar surface area (TPSA) is 95.3 Å². The lowest BCUT2D eigenvalue weighted by Gasteiger charge is -2.18. The van der Waals surface area contributed by atoms with Crippen LogP contribution in [0.3, 0.4) is 0 Å². The van der Waals surface area contributed by atoms with Gasteiger partial charge in [-0.25, -0.2) is 4.79 Å². The standard InChI is InChI=1S/C26H32N4O4S2/c1-6-30-21(13-34-18-9-8-16(3)17(4)12-18)28-29-26(30)35-14-22(31)27-24-23(25(32)33-5)19-10-7-15(2)11-20(19)36-24/h8-9,12,15H,6-7,10-11,13-14H2,1-5H3,(H,27,31). The van der Waals surface area contributed by atoms with E-state index in [-0.39, 0.29) is 18.3 Å². The maximum Gasteiger partial charge on any atom is 0.341 e. The number of aryl methyl sites for hydroxylation is 2. The number of rotatable bonds is 9. The monoisotopic (exact) mass is 528 g/mol. The number of hydrogen-bond acceptors (Lipinski definition) is 8. The highest BCUT2D eigenvalue weighted by atomic mass is 32.2. The molecule has 3 aromatic rings. The molecule has 1 amide bonds. The summed E-state index contributed by atoms with van der Waals surface area (Å²) in [5.74, 6) is 1.60. The lowest BCUT2D eigenvalue weighted by Crippen LogP contribution is -2.17. The summed E-state index contributed by atoms with van der Waals surface area (Å²) in [7, 11) is 1.37. The Morgan fingerprint density at radius 2 is 2.06 bits per heavy atom. The van der Waals surface area contributed by atoms with Gasteiger partial charge >= 0.3 is 5.97 Å². The third-order valence-corrected chi connectivity index (χ3v) is 8.58. The minimum absolute atomic E-state index is 0.149. The number of aromatic nitrogens is 3. The van der Waals surface area contributed by atoms with Gasteiger partial charge in [0, 0.05) is 11.4 Å². The zero-order valence-corrected chi connectivity index (χ0v) is 23.0. The minimum atomic E-state index is -0.399. The van der Waals surface area contributed by atoms with E-state index in [2.05, 4.69) is 36.3 Å². The number of fused-ring (bicyclic) bond motifs is 1. The van der Waals surface area contributed by atoms with E-state index in [4.69, 9.17) is 9.47 Å². The second kappa shape index (κ2) is 11.5. The van der Waals surface area contributed by atoms with Crippen LogP contribution < -0.4 is 10.1 Å². The van der Waals surface area contributed by atoms with Crippen LogP contribution in [0.4, 0.5) is 5.00 Å². The zero-order valence-electron chi connectivity index (χ0n) is 21.3. The molecule has 4 rings (SSSR count). The Kier molecular flexibility index (Phi) is 8.35. The molecule has 0 radical (unpaired) electrons. The van der Waals surface area contributed by atoms with Crippen LogP contribution in [0.2, 0.25) is 0 Å². The molecule has 36 heavy (non-hydrogen) atoms. The van der Waals surface area contributed by atoms with Gasteiger partial charge < -0.3 is 19.4 Å². The fourth-order valence-corrected chi connectivity index (χ4v) is 6.49. The van der Waals surface area contributed by atoms with E-state index in [1.54, 1.807) is 0 Å². The number of thioether (sulfide) groups is 1. The highest BCUT2D eigenvalue weighted by Crippen LogP contribution is 2.40. The van der Waals surface area contributed by atoms with E-state index in [1.807, 2.05) is 29.7 Å². The predicted molar refractivity (Wildman–Crippen MR) is 142 cm³/mol. The molecule has 1 aromatic carbocycles. The summed E-state index contributed by atoms with van der Waals surface area (Å²) in [5, 5.41) is 12.7. The van der Waals surface area contributed by atoms with Crippen LogP contribution in [0.1, 0.15) is 58.0 Å². The zero-order chi connectivity index (χ0) is 25.8. The summed E-state index contributed by atoms with van der Waals surface area (Å²) in [5.41, 5.74) is 3.91. The molecular weight excluding hydrogens is 496 g/mol. The van der Waals surface area contributed by atoms with Crippen molar-refractivity contribution in [2.75, 3.05) is 18.2 Å². The summed E-state index contributed by atoms with van der Waals surface area (Å²) in [4.78, 5) is 26.5. The summed E-state index contributed by atoms with van der Waals surface area (Å²) in [6.45, 7) is 9.28. The molecule has 1 aliphatic carbocycles. The largest absolute Gasteiger partial charge is 0.486 e. The first-order valence-corrected chi connectivity index (χ1v) is 13.9. The first kappa shape index (κ1) is 26.2. The number of benzene rings is 1. The molecule has 0 saturated carbocycles. The van der Waals surface area contributed by atoms with E-state index < -0.39 is 5.97 Å². The van der Waals surface area contributed by atoms with Crippen molar-refractivity contribution in [3.63, 3.8) is 0 Å². The molecule has 2 heterocycles. The van der Waals surface area contributed by atoms with Crippen molar-refractivity contribution in [3.05, 3.63) is 51.2 Å². The Morgan fingerprint density at radius 1 is 1.25 bits per heavy atom. The molecule has 0 spiro atoms. The van der Waals surface area contributed by atoms with Crippen molar-refractivity contribution in [1.29, 1.82) is 0 Å². The van der Waals surface area contributed by atoms with Crippen LogP contribution in [-0.4, -0.2) is 39.5 Å². The molecule has 1 aliphatic rings. The Balaban J connectivity index is 1.40. The fourth-order valence-electron chi connectivity index (χ4n) is 4.25. The number of anilines is 1. The third kappa shape index (κ3) is 5.75. The number of hydrogen-bond donors (Lipinski definition) is 1. The van der Waals surface area contributed by atoms with Gasteiger partial charge in [0.25, 0.3) is 0 Å². The molecule has 2 aromatic heterocycles. The average molecular weight is 529 g/mol. The molecule has 192 valence electrons. The summed E-state index contributed by atoms with van der Waals surface area (Å²) in [6.07, 6.45) is 2.77. The first-order valence-electron chi connectivity index (χ1n) is 12.1. The molecule has 0 fully saturated rings. The average Bonchev–Trinajstić information content (AvgIpc) is 3.42. The van der Waals surface area contributed by atoms with Gasteiger partial charge in [0.05, 0.1) is 18.4 Å². The van der Waals surface area contributed by atoms with Gasteiger partial charge in [0.15, 0.2) is 11.0 Å². The molecule has 0 saturated heterocycles. The minimum Gasteiger partial charge on any atom is -0.486 e. The smallest absolute Gasteiger partial charge is 0.341 e. The van der Waals surface area contributed by atoms with Gasteiger partial charge in [-0.3, -0.25) is 4.79 Å². The Labute approximate surface area is 219 Å². The maximum absolute atomic E-state index is 12.8. The highest BCUT2D eigenvalue weighted by molar-refractivity contribution is 7.99. The normalized spacial score (nSPS) is 14.9. The third-order valence-electron chi connectivity index (χ3n) is 6.44. The van der Waals surface area contributed by atoms with Crippen molar-refractivity contribution >= 4 is 40.0 Å². The first-order chi connectivity index (χ1) is 17.3. The van der Waals surface area contributed by atoms with Crippen molar-refractivity contribution in [2.45, 2.75) is 65.3 Å². The van der Waals surface area contributed by atoms with Gasteiger partial charge in [-0.05, 0) is 74.8 Å². The second-order valence-corrected chi connectivity index (χ2v) is 11.1. The van der Waals surface area contributed by atoms with Crippen LogP contribution in [0.15, 0.2) is 23.4 Å². The number of thiophene rings is 1. The van der Waals surface area contributed by atoms with Crippen LogP contribution in [0.25, 0.3) is 0 Å². The molecule has 1 N–H and O–H groups in total. The van der Waals surface area contributed by atoms with Gasteiger partial charge in [-0.15, -0.1) is 21.5 Å². The van der Waals surface area contributed by atoms with Crippen molar-refractivity contribution in [1.82, 2.24) is 14.8 Å². The summed E-state index contributed by atoms with van der Waals surface area (Å²) in [6, 6.07) is 5.99. The van der Waals surface area contributed by atoms with Gasteiger partial charge in [0.2, 0.25) is 5.91 Å². The van der Waals surface area contributed by atoms with Crippen LogP contribution in [-0.2, 0) is 35.5 Å². The van der Waals surface area contributed by atoms with Crippen LogP contribution in [0, 0.1) is 19.8 Å². The van der Waals surface area contributed by atoms with Gasteiger partial charge in [-0.2, -0.15) is 0 Å². The van der Waals surface area contributed by atoms with Crippen molar-refractivity contribution < 1.29 is 19.1 Å². The maximum atomic E-state index is 12.8. The molecule has 1 unspecified atom stereocenters. The lowest BCUT2D eigenvalue weighted by molar-refractivity contribution is -0.113. The molecule has 0 aliphatic heterocycles. The molecular formula is C26H32N4O4S2. The van der Waals surface area contributed by atoms with Crippen molar-refractivity contribution in [2.24, 2.45) is 5.92 Å².